The summed E-state index contributed by atoms with van der Waals surface area (Å²) in [4.78, 5) is 10.7. The van der Waals surface area contributed by atoms with Gasteiger partial charge in [-0.15, -0.1) is 0 Å². The Bertz CT molecular complexity index is 2510. The molecule has 0 N–H and O–H groups in total. The van der Waals surface area contributed by atoms with Crippen molar-refractivity contribution >= 4 is 43.5 Å². The van der Waals surface area contributed by atoms with E-state index in [1.54, 1.807) is 0 Å². The van der Waals surface area contributed by atoms with E-state index in [0.717, 1.165) is 29.1 Å². The van der Waals surface area contributed by atoms with Crippen LogP contribution in [-0.2, 0) is 11.8 Å². The molecule has 0 amide bonds. The van der Waals surface area contributed by atoms with Crippen molar-refractivity contribution in [2.45, 2.75) is 25.7 Å². The first-order chi connectivity index (χ1) is 21.1. The Morgan fingerprint density at radius 2 is 1.30 bits per heavy atom. The van der Waals surface area contributed by atoms with E-state index in [2.05, 4.69) is 134 Å². The summed E-state index contributed by atoms with van der Waals surface area (Å²) in [5.74, 6) is 0.720. The van der Waals surface area contributed by atoms with Crippen molar-refractivity contribution in [1.29, 1.82) is 0 Å². The fourth-order valence-electron chi connectivity index (χ4n) is 8.16. The Hall–Kier alpha value is -5.28. The SMILES string of the molecule is CC1(C)c2ccccc2-c2ccc3c(ccc4c5ccccc5n(-c5nc6c7c(cccc7n5)Cc5ccccc5-6)c34)c21. The second-order valence-corrected chi connectivity index (χ2v) is 12.6. The zero-order chi connectivity index (χ0) is 28.4. The van der Waals surface area contributed by atoms with Crippen LogP contribution in [-0.4, -0.2) is 14.5 Å². The monoisotopic (exact) mass is 549 g/mol. The van der Waals surface area contributed by atoms with E-state index in [4.69, 9.17) is 9.97 Å². The molecule has 0 radical (unpaired) electrons. The van der Waals surface area contributed by atoms with Gasteiger partial charge in [0, 0.05) is 32.5 Å². The van der Waals surface area contributed by atoms with E-state index in [-0.39, 0.29) is 5.41 Å². The van der Waals surface area contributed by atoms with Gasteiger partial charge < -0.3 is 0 Å². The molecule has 0 saturated carbocycles. The number of para-hydroxylation sites is 1. The van der Waals surface area contributed by atoms with Gasteiger partial charge in [-0.3, -0.25) is 4.57 Å². The molecule has 2 aliphatic carbocycles. The van der Waals surface area contributed by atoms with Crippen molar-refractivity contribution in [3.63, 3.8) is 0 Å². The van der Waals surface area contributed by atoms with Crippen molar-refractivity contribution in [1.82, 2.24) is 14.5 Å². The average molecular weight is 550 g/mol. The molecule has 2 aliphatic rings. The lowest BCUT2D eigenvalue weighted by Crippen LogP contribution is -2.15. The van der Waals surface area contributed by atoms with Crippen LogP contribution in [0.15, 0.2) is 115 Å². The van der Waals surface area contributed by atoms with Crippen molar-refractivity contribution in [3.05, 3.63) is 138 Å². The first-order valence-electron chi connectivity index (χ1n) is 15.1. The maximum Gasteiger partial charge on any atom is 0.235 e. The normalized spacial score (nSPS) is 14.4. The molecule has 202 valence electrons. The predicted octanol–water partition coefficient (Wildman–Crippen LogP) is 9.76. The Morgan fingerprint density at radius 3 is 2.23 bits per heavy atom. The van der Waals surface area contributed by atoms with Crippen LogP contribution < -0.4 is 0 Å². The summed E-state index contributed by atoms with van der Waals surface area (Å²) in [5.41, 5.74) is 13.5. The van der Waals surface area contributed by atoms with Crippen molar-refractivity contribution in [3.8, 4) is 28.3 Å². The molecule has 3 nitrogen and oxygen atoms in total. The Labute approximate surface area is 249 Å². The van der Waals surface area contributed by atoms with Gasteiger partial charge in [-0.1, -0.05) is 117 Å². The fraction of sp³-hybridized carbons (Fsp3) is 0.100. The summed E-state index contributed by atoms with van der Waals surface area (Å²) >= 11 is 0. The molecule has 10 rings (SSSR count). The topological polar surface area (TPSA) is 30.7 Å². The highest BCUT2D eigenvalue weighted by atomic mass is 15.2. The summed E-state index contributed by atoms with van der Waals surface area (Å²) in [7, 11) is 0. The lowest BCUT2D eigenvalue weighted by Gasteiger charge is -2.23. The first kappa shape index (κ1) is 23.3. The van der Waals surface area contributed by atoms with Crippen LogP contribution in [0.3, 0.4) is 0 Å². The number of nitrogens with zero attached hydrogens (tertiary/aromatic N) is 3. The largest absolute Gasteiger partial charge is 0.277 e. The lowest BCUT2D eigenvalue weighted by atomic mass is 9.80. The van der Waals surface area contributed by atoms with Crippen LogP contribution in [0.4, 0.5) is 0 Å². The number of benzene rings is 6. The minimum atomic E-state index is -0.0975. The van der Waals surface area contributed by atoms with Gasteiger partial charge in [0.15, 0.2) is 0 Å². The molecule has 0 spiro atoms. The Kier molecular flexibility index (Phi) is 4.31. The summed E-state index contributed by atoms with van der Waals surface area (Å²) in [6, 6.07) is 42.1. The molecule has 3 heteroatoms. The lowest BCUT2D eigenvalue weighted by molar-refractivity contribution is 0.666. The number of fused-ring (bicyclic) bond motifs is 11. The molecule has 0 atom stereocenters. The standard InChI is InChI=1S/C40H27N3/c1-40(2)32-15-7-5-13-26(32)28-18-21-31-29(36(28)40)19-20-30-27-14-6-8-17-34(27)43(38(30)31)39-41-33-16-9-11-24-22-23-10-3-4-12-25(23)37(42-39)35(24)33/h3-21H,22H2,1-2H3. The van der Waals surface area contributed by atoms with Crippen LogP contribution in [0.25, 0.3) is 71.8 Å². The Balaban J connectivity index is 1.35. The number of aromatic nitrogens is 3. The summed E-state index contributed by atoms with van der Waals surface area (Å²) in [6.45, 7) is 4.73. The zero-order valence-electron chi connectivity index (χ0n) is 24.0. The molecule has 43 heavy (non-hydrogen) atoms. The minimum Gasteiger partial charge on any atom is -0.277 e. The third-order valence-corrected chi connectivity index (χ3v) is 10.00. The van der Waals surface area contributed by atoms with Gasteiger partial charge in [-0.25, -0.2) is 9.97 Å². The van der Waals surface area contributed by atoms with E-state index < -0.39 is 0 Å². The summed E-state index contributed by atoms with van der Waals surface area (Å²) in [6.07, 6.45) is 0.909. The van der Waals surface area contributed by atoms with E-state index >= 15 is 0 Å². The van der Waals surface area contributed by atoms with Crippen LogP contribution in [0.5, 0.6) is 0 Å². The highest BCUT2D eigenvalue weighted by Gasteiger charge is 2.37. The molecule has 2 heterocycles. The van der Waals surface area contributed by atoms with Crippen LogP contribution >= 0.6 is 0 Å². The van der Waals surface area contributed by atoms with Gasteiger partial charge in [-0.05, 0) is 57.3 Å². The maximum absolute atomic E-state index is 5.41. The van der Waals surface area contributed by atoms with Crippen LogP contribution in [0, 0.1) is 0 Å². The van der Waals surface area contributed by atoms with Crippen molar-refractivity contribution < 1.29 is 0 Å². The number of hydrogen-bond acceptors (Lipinski definition) is 2. The molecular formula is C40H27N3. The molecule has 0 saturated heterocycles. The summed E-state index contributed by atoms with van der Waals surface area (Å²) in [5, 5.41) is 6.15. The van der Waals surface area contributed by atoms with Gasteiger partial charge in [0.05, 0.1) is 22.2 Å². The molecule has 0 unspecified atom stereocenters. The molecule has 2 aromatic heterocycles. The van der Waals surface area contributed by atoms with Gasteiger partial charge >= 0.3 is 0 Å². The van der Waals surface area contributed by atoms with Crippen molar-refractivity contribution in [2.75, 3.05) is 0 Å². The number of hydrogen-bond donors (Lipinski definition) is 0. The second-order valence-electron chi connectivity index (χ2n) is 12.6. The van der Waals surface area contributed by atoms with Gasteiger partial charge in [0.2, 0.25) is 5.95 Å². The van der Waals surface area contributed by atoms with Crippen LogP contribution in [0.1, 0.15) is 36.1 Å². The molecule has 0 aliphatic heterocycles. The quantitative estimate of drug-likeness (QED) is 0.204. The van der Waals surface area contributed by atoms with E-state index in [1.165, 1.54) is 71.4 Å². The smallest absolute Gasteiger partial charge is 0.235 e. The second kappa shape index (κ2) is 7.96. The molecule has 0 fully saturated rings. The van der Waals surface area contributed by atoms with E-state index in [0.29, 0.717) is 0 Å². The third kappa shape index (κ3) is 2.89. The molecular weight excluding hydrogens is 522 g/mol. The molecule has 0 bridgehead atoms. The zero-order valence-corrected chi connectivity index (χ0v) is 24.0. The van der Waals surface area contributed by atoms with Crippen LogP contribution in [0.2, 0.25) is 0 Å². The minimum absolute atomic E-state index is 0.0975. The first-order valence-corrected chi connectivity index (χ1v) is 15.1. The maximum atomic E-state index is 5.41. The Morgan fingerprint density at radius 1 is 0.581 bits per heavy atom. The van der Waals surface area contributed by atoms with Gasteiger partial charge in [-0.2, -0.15) is 0 Å². The van der Waals surface area contributed by atoms with E-state index in [1.807, 2.05) is 0 Å². The van der Waals surface area contributed by atoms with Gasteiger partial charge in [0.25, 0.3) is 0 Å². The highest BCUT2D eigenvalue weighted by molar-refractivity contribution is 6.20. The number of rotatable bonds is 1. The highest BCUT2D eigenvalue weighted by Crippen LogP contribution is 2.52. The fourth-order valence-corrected chi connectivity index (χ4v) is 8.16. The summed E-state index contributed by atoms with van der Waals surface area (Å²) < 4.78 is 2.31. The average Bonchev–Trinajstić information content (AvgIpc) is 3.50. The van der Waals surface area contributed by atoms with Crippen molar-refractivity contribution in [2.24, 2.45) is 0 Å². The van der Waals surface area contributed by atoms with E-state index in [9.17, 15) is 0 Å². The van der Waals surface area contributed by atoms with Gasteiger partial charge in [0.1, 0.15) is 0 Å². The molecule has 8 aromatic rings. The molecule has 6 aromatic carbocycles. The predicted molar refractivity (Wildman–Crippen MR) is 177 cm³/mol. The third-order valence-electron chi connectivity index (χ3n) is 10.00.